The number of rotatable bonds is 5. The number of aromatic amines is 1. The number of hydrogen-bond donors (Lipinski definition) is 2. The van der Waals surface area contributed by atoms with Crippen LogP contribution >= 0.6 is 0 Å². The first kappa shape index (κ1) is 19.6. The van der Waals surface area contributed by atoms with Crippen molar-refractivity contribution in [2.45, 2.75) is 33.6 Å². The van der Waals surface area contributed by atoms with Crippen LogP contribution in [0.15, 0.2) is 51.8 Å². The molecule has 0 saturated heterocycles. The Bertz CT molecular complexity index is 1280. The lowest BCUT2D eigenvalue weighted by atomic mass is 10.1. The van der Waals surface area contributed by atoms with E-state index < -0.39 is 0 Å². The molecule has 2 aromatic heterocycles. The van der Waals surface area contributed by atoms with Crippen LogP contribution in [0.3, 0.4) is 0 Å². The maximum Gasteiger partial charge on any atom is 0.259 e. The fraction of sp³-hybridized carbons (Fsp3) is 0.217. The van der Waals surface area contributed by atoms with E-state index in [9.17, 15) is 9.59 Å². The van der Waals surface area contributed by atoms with E-state index in [-0.39, 0.29) is 30.1 Å². The molecule has 0 radical (unpaired) electrons. The number of carbonyl (C=O) groups is 1. The highest BCUT2D eigenvalue weighted by atomic mass is 16.5. The Balaban J connectivity index is 1.46. The average Bonchev–Trinajstić information content (AvgIpc) is 3.14. The van der Waals surface area contributed by atoms with Gasteiger partial charge < -0.3 is 14.8 Å². The van der Waals surface area contributed by atoms with Gasteiger partial charge in [0, 0.05) is 24.0 Å². The zero-order valence-electron chi connectivity index (χ0n) is 17.1. The highest BCUT2D eigenvalue weighted by Crippen LogP contribution is 2.19. The van der Waals surface area contributed by atoms with E-state index in [1.807, 2.05) is 57.2 Å². The minimum Gasteiger partial charge on any atom is -0.339 e. The molecule has 0 aliphatic carbocycles. The number of carbonyl (C=O) groups excluding carboxylic acids is 1. The predicted molar refractivity (Wildman–Crippen MR) is 115 cm³/mol. The Morgan fingerprint density at radius 2 is 1.80 bits per heavy atom. The van der Waals surface area contributed by atoms with Crippen LogP contribution in [-0.2, 0) is 11.2 Å². The van der Waals surface area contributed by atoms with Crippen LogP contribution in [0.25, 0.3) is 22.3 Å². The van der Waals surface area contributed by atoms with Gasteiger partial charge in [0.25, 0.3) is 5.56 Å². The molecule has 0 atom stereocenters. The minimum atomic E-state index is -0.286. The smallest absolute Gasteiger partial charge is 0.259 e. The SMILES string of the molecule is Cc1cc(C)cc(NC(=O)CCc2nc(-c3cc4cc(C)ccc4[nH]c3=O)no2)c1. The molecule has 30 heavy (non-hydrogen) atoms. The number of aromatic nitrogens is 3. The summed E-state index contributed by atoms with van der Waals surface area (Å²) < 4.78 is 5.25. The third-order valence-corrected chi connectivity index (χ3v) is 4.78. The molecule has 0 spiro atoms. The van der Waals surface area contributed by atoms with Gasteiger partial charge >= 0.3 is 0 Å². The third kappa shape index (κ3) is 4.30. The summed E-state index contributed by atoms with van der Waals surface area (Å²) in [6.07, 6.45) is 0.482. The number of fused-ring (bicyclic) bond motifs is 1. The number of hydrogen-bond acceptors (Lipinski definition) is 5. The van der Waals surface area contributed by atoms with Gasteiger partial charge in [-0.25, -0.2) is 0 Å². The van der Waals surface area contributed by atoms with Crippen LogP contribution < -0.4 is 10.9 Å². The Morgan fingerprint density at radius 3 is 2.57 bits per heavy atom. The molecule has 0 bridgehead atoms. The first-order valence-corrected chi connectivity index (χ1v) is 9.72. The summed E-state index contributed by atoms with van der Waals surface area (Å²) in [5.74, 6) is 0.382. The molecule has 2 aromatic carbocycles. The minimum absolute atomic E-state index is 0.140. The quantitative estimate of drug-likeness (QED) is 0.524. The lowest BCUT2D eigenvalue weighted by Crippen LogP contribution is -2.12. The van der Waals surface area contributed by atoms with Crippen molar-refractivity contribution in [3.8, 4) is 11.4 Å². The summed E-state index contributed by atoms with van der Waals surface area (Å²) in [6.45, 7) is 5.96. The zero-order chi connectivity index (χ0) is 21.3. The average molecular weight is 402 g/mol. The fourth-order valence-electron chi connectivity index (χ4n) is 3.45. The Morgan fingerprint density at radius 1 is 1.03 bits per heavy atom. The normalized spacial score (nSPS) is 11.0. The van der Waals surface area contributed by atoms with Gasteiger partial charge in [-0.15, -0.1) is 0 Å². The van der Waals surface area contributed by atoms with Crippen molar-refractivity contribution in [1.29, 1.82) is 0 Å². The van der Waals surface area contributed by atoms with Gasteiger partial charge in [0.15, 0.2) is 0 Å². The van der Waals surface area contributed by atoms with Crippen molar-refractivity contribution in [2.24, 2.45) is 0 Å². The molecule has 0 fully saturated rings. The van der Waals surface area contributed by atoms with Gasteiger partial charge in [-0.05, 0) is 67.6 Å². The van der Waals surface area contributed by atoms with Gasteiger partial charge in [0.1, 0.15) is 0 Å². The van der Waals surface area contributed by atoms with E-state index in [1.54, 1.807) is 6.07 Å². The third-order valence-electron chi connectivity index (χ3n) is 4.78. The van der Waals surface area contributed by atoms with Crippen molar-refractivity contribution < 1.29 is 9.32 Å². The molecule has 2 N–H and O–H groups in total. The number of anilines is 1. The molecule has 1 amide bonds. The van der Waals surface area contributed by atoms with Crippen molar-refractivity contribution in [1.82, 2.24) is 15.1 Å². The van der Waals surface area contributed by atoms with Gasteiger partial charge in [0.05, 0.1) is 5.56 Å². The van der Waals surface area contributed by atoms with Gasteiger partial charge in [-0.2, -0.15) is 4.98 Å². The van der Waals surface area contributed by atoms with E-state index in [0.717, 1.165) is 33.3 Å². The second kappa shape index (κ2) is 7.94. The molecule has 0 unspecified atom stereocenters. The predicted octanol–water partition coefficient (Wildman–Crippen LogP) is 4.07. The summed E-state index contributed by atoms with van der Waals surface area (Å²) in [6, 6.07) is 13.4. The lowest BCUT2D eigenvalue weighted by molar-refractivity contribution is -0.116. The van der Waals surface area contributed by atoms with Crippen molar-refractivity contribution in [3.05, 3.63) is 75.4 Å². The molecule has 0 aliphatic rings. The Hall–Kier alpha value is -3.74. The molecule has 0 saturated carbocycles. The van der Waals surface area contributed by atoms with Crippen LogP contribution in [0.5, 0.6) is 0 Å². The van der Waals surface area contributed by atoms with Crippen LogP contribution in [0.4, 0.5) is 5.69 Å². The maximum absolute atomic E-state index is 12.4. The molecule has 7 nitrogen and oxygen atoms in total. The monoisotopic (exact) mass is 402 g/mol. The Kier molecular flexibility index (Phi) is 5.18. The first-order chi connectivity index (χ1) is 14.4. The second-order valence-electron chi connectivity index (χ2n) is 7.54. The lowest BCUT2D eigenvalue weighted by Gasteiger charge is -2.06. The van der Waals surface area contributed by atoms with Crippen LogP contribution in [-0.4, -0.2) is 21.0 Å². The van der Waals surface area contributed by atoms with Crippen LogP contribution in [0, 0.1) is 20.8 Å². The summed E-state index contributed by atoms with van der Waals surface area (Å²) in [7, 11) is 0. The molecular weight excluding hydrogens is 380 g/mol. The second-order valence-corrected chi connectivity index (χ2v) is 7.54. The number of benzene rings is 2. The number of amides is 1. The van der Waals surface area contributed by atoms with Crippen molar-refractivity contribution >= 4 is 22.5 Å². The van der Waals surface area contributed by atoms with Crippen molar-refractivity contribution in [3.63, 3.8) is 0 Å². The standard InChI is InChI=1S/C23H22N4O3/c1-13-4-5-19-16(9-13)12-18(23(29)25-19)22-26-21(30-27-22)7-6-20(28)24-17-10-14(2)8-15(3)11-17/h4-5,8-12H,6-7H2,1-3H3,(H,24,28)(H,25,29). The molecule has 4 aromatic rings. The summed E-state index contributed by atoms with van der Waals surface area (Å²) >= 11 is 0. The maximum atomic E-state index is 12.4. The largest absolute Gasteiger partial charge is 0.339 e. The van der Waals surface area contributed by atoms with E-state index >= 15 is 0 Å². The van der Waals surface area contributed by atoms with Gasteiger partial charge in [-0.3, -0.25) is 9.59 Å². The first-order valence-electron chi connectivity index (χ1n) is 9.72. The fourth-order valence-corrected chi connectivity index (χ4v) is 3.45. The van der Waals surface area contributed by atoms with E-state index in [1.165, 1.54) is 0 Å². The topological polar surface area (TPSA) is 101 Å². The number of nitrogens with one attached hydrogen (secondary N) is 2. The van der Waals surface area contributed by atoms with E-state index in [0.29, 0.717) is 11.5 Å². The van der Waals surface area contributed by atoms with E-state index in [4.69, 9.17) is 4.52 Å². The highest BCUT2D eigenvalue weighted by Gasteiger charge is 2.14. The van der Waals surface area contributed by atoms with Crippen molar-refractivity contribution in [2.75, 3.05) is 5.32 Å². The van der Waals surface area contributed by atoms with E-state index in [2.05, 4.69) is 20.4 Å². The number of nitrogens with zero attached hydrogens (tertiary/aromatic N) is 2. The zero-order valence-corrected chi connectivity index (χ0v) is 17.1. The number of H-pyrrole nitrogens is 1. The van der Waals surface area contributed by atoms with Gasteiger partial charge in [-0.1, -0.05) is 22.9 Å². The molecule has 2 heterocycles. The summed E-state index contributed by atoms with van der Waals surface area (Å²) in [4.78, 5) is 31.8. The van der Waals surface area contributed by atoms with Crippen LogP contribution in [0.1, 0.15) is 29.0 Å². The number of pyridine rings is 1. The molecule has 0 aliphatic heterocycles. The number of aryl methyl sites for hydroxylation is 4. The summed E-state index contributed by atoms with van der Waals surface area (Å²) in [5.41, 5.74) is 4.83. The Labute approximate surface area is 173 Å². The molecule has 152 valence electrons. The molecular formula is C23H22N4O3. The van der Waals surface area contributed by atoms with Gasteiger partial charge in [0.2, 0.25) is 17.6 Å². The molecule has 7 heteroatoms. The van der Waals surface area contributed by atoms with Crippen LogP contribution in [0.2, 0.25) is 0 Å². The summed E-state index contributed by atoms with van der Waals surface area (Å²) in [5, 5.41) is 7.70. The highest BCUT2D eigenvalue weighted by molar-refractivity contribution is 5.91. The molecule has 4 rings (SSSR count).